The number of anilines is 1. The number of carbonyl (C=O) groups excluding carboxylic acids is 1. The third kappa shape index (κ3) is 5.11. The second-order valence-electron chi connectivity index (χ2n) is 6.91. The largest absolute Gasteiger partial charge is 0.455 e. The highest BCUT2D eigenvalue weighted by Gasteiger charge is 2.32. The van der Waals surface area contributed by atoms with Crippen LogP contribution in [0.2, 0.25) is 0 Å². The number of sulfonamides is 1. The standard InChI is InChI=1S/C21H26N2O4S/c1-2-15-28(25,26)23-14-8-9-17(16-23)21(24)22-19-12-6-7-13-20(19)27-18-10-4-3-5-11-18/h3-7,10-13,17H,2,8-9,14-16H2,1H3,(H,22,24). The Balaban J connectivity index is 1.69. The minimum Gasteiger partial charge on any atom is -0.455 e. The van der Waals surface area contributed by atoms with Crippen LogP contribution in [0.4, 0.5) is 5.69 Å². The summed E-state index contributed by atoms with van der Waals surface area (Å²) in [4.78, 5) is 12.8. The highest BCUT2D eigenvalue weighted by atomic mass is 32.2. The molecule has 1 amide bonds. The van der Waals surface area contributed by atoms with Crippen LogP contribution >= 0.6 is 0 Å². The van der Waals surface area contributed by atoms with E-state index in [0.29, 0.717) is 43.0 Å². The maximum atomic E-state index is 12.8. The molecule has 0 aromatic heterocycles. The fourth-order valence-corrected chi connectivity index (χ4v) is 4.89. The molecular formula is C21H26N2O4S. The van der Waals surface area contributed by atoms with Gasteiger partial charge in [0, 0.05) is 13.1 Å². The summed E-state index contributed by atoms with van der Waals surface area (Å²) in [5.41, 5.74) is 0.574. The average molecular weight is 403 g/mol. The van der Waals surface area contributed by atoms with Crippen LogP contribution in [0.3, 0.4) is 0 Å². The van der Waals surface area contributed by atoms with Gasteiger partial charge < -0.3 is 10.1 Å². The van der Waals surface area contributed by atoms with Crippen LogP contribution in [0, 0.1) is 5.92 Å². The predicted molar refractivity (Wildman–Crippen MR) is 110 cm³/mol. The Morgan fingerprint density at radius 2 is 1.86 bits per heavy atom. The molecule has 28 heavy (non-hydrogen) atoms. The number of para-hydroxylation sites is 3. The number of ether oxygens (including phenoxy) is 1. The topological polar surface area (TPSA) is 75.7 Å². The van der Waals surface area contributed by atoms with E-state index in [9.17, 15) is 13.2 Å². The lowest BCUT2D eigenvalue weighted by Gasteiger charge is -2.31. The Kier molecular flexibility index (Phi) is 6.70. The zero-order valence-corrected chi connectivity index (χ0v) is 16.8. The van der Waals surface area contributed by atoms with Crippen molar-refractivity contribution in [3.63, 3.8) is 0 Å². The molecule has 1 atom stereocenters. The van der Waals surface area contributed by atoms with Gasteiger partial charge in [-0.1, -0.05) is 37.3 Å². The van der Waals surface area contributed by atoms with Crippen molar-refractivity contribution in [3.8, 4) is 11.5 Å². The van der Waals surface area contributed by atoms with Gasteiger partial charge >= 0.3 is 0 Å². The van der Waals surface area contributed by atoms with Gasteiger partial charge in [0.2, 0.25) is 15.9 Å². The smallest absolute Gasteiger partial charge is 0.228 e. The van der Waals surface area contributed by atoms with E-state index in [0.717, 1.165) is 0 Å². The van der Waals surface area contributed by atoms with E-state index in [4.69, 9.17) is 4.74 Å². The molecule has 0 aliphatic carbocycles. The van der Waals surface area contributed by atoms with E-state index < -0.39 is 10.0 Å². The Morgan fingerprint density at radius 3 is 2.61 bits per heavy atom. The summed E-state index contributed by atoms with van der Waals surface area (Å²) >= 11 is 0. The SMILES string of the molecule is CCCS(=O)(=O)N1CCCC(C(=O)Nc2ccccc2Oc2ccccc2)C1. The highest BCUT2D eigenvalue weighted by molar-refractivity contribution is 7.89. The van der Waals surface area contributed by atoms with Crippen LogP contribution in [0.1, 0.15) is 26.2 Å². The first-order valence-electron chi connectivity index (χ1n) is 9.60. The van der Waals surface area contributed by atoms with Gasteiger partial charge in [0.25, 0.3) is 0 Å². The lowest BCUT2D eigenvalue weighted by Crippen LogP contribution is -2.44. The molecule has 3 rings (SSSR count). The molecule has 1 aliphatic rings. The van der Waals surface area contributed by atoms with Crippen LogP contribution in [0.5, 0.6) is 11.5 Å². The average Bonchev–Trinajstić information content (AvgIpc) is 2.70. The Bertz CT molecular complexity index is 900. The van der Waals surface area contributed by atoms with Gasteiger partial charge in [0.1, 0.15) is 5.75 Å². The first-order chi connectivity index (χ1) is 13.5. The maximum Gasteiger partial charge on any atom is 0.228 e. The maximum absolute atomic E-state index is 12.8. The summed E-state index contributed by atoms with van der Waals surface area (Å²) in [5, 5.41) is 2.92. The first kappa shape index (κ1) is 20.4. The molecule has 0 saturated carbocycles. The summed E-state index contributed by atoms with van der Waals surface area (Å²) in [6, 6.07) is 16.6. The number of hydrogen-bond acceptors (Lipinski definition) is 4. The number of rotatable bonds is 7. The third-order valence-corrected chi connectivity index (χ3v) is 6.77. The lowest BCUT2D eigenvalue weighted by molar-refractivity contribution is -0.120. The zero-order chi connectivity index (χ0) is 20.0. The molecule has 1 unspecified atom stereocenters. The predicted octanol–water partition coefficient (Wildman–Crippen LogP) is 3.87. The van der Waals surface area contributed by atoms with Crippen molar-refractivity contribution < 1.29 is 17.9 Å². The van der Waals surface area contributed by atoms with Crippen LogP contribution < -0.4 is 10.1 Å². The fraction of sp³-hybridized carbons (Fsp3) is 0.381. The Labute approximate surface area is 166 Å². The van der Waals surface area contributed by atoms with Gasteiger partial charge in [-0.25, -0.2) is 12.7 Å². The summed E-state index contributed by atoms with van der Waals surface area (Å²) in [6.07, 6.45) is 1.93. The minimum absolute atomic E-state index is 0.120. The number of carbonyl (C=O) groups is 1. The molecule has 2 aromatic carbocycles. The third-order valence-electron chi connectivity index (χ3n) is 4.73. The fourth-order valence-electron chi connectivity index (χ4n) is 3.31. The number of piperidine rings is 1. The van der Waals surface area contributed by atoms with Crippen molar-refractivity contribution >= 4 is 21.6 Å². The molecular weight excluding hydrogens is 376 g/mol. The zero-order valence-electron chi connectivity index (χ0n) is 16.0. The molecule has 1 fully saturated rings. The molecule has 1 saturated heterocycles. The summed E-state index contributed by atoms with van der Waals surface area (Å²) < 4.78 is 32.0. The highest BCUT2D eigenvalue weighted by Crippen LogP contribution is 2.30. The second kappa shape index (κ2) is 9.21. The molecule has 0 spiro atoms. The van der Waals surface area contributed by atoms with Crippen LogP contribution in [0.15, 0.2) is 54.6 Å². The minimum atomic E-state index is -3.29. The van der Waals surface area contributed by atoms with Crippen molar-refractivity contribution in [2.24, 2.45) is 5.92 Å². The van der Waals surface area contributed by atoms with Gasteiger partial charge in [-0.05, 0) is 43.5 Å². The molecule has 7 heteroatoms. The van der Waals surface area contributed by atoms with Gasteiger partial charge in [-0.15, -0.1) is 0 Å². The first-order valence-corrected chi connectivity index (χ1v) is 11.2. The molecule has 1 aliphatic heterocycles. The summed E-state index contributed by atoms with van der Waals surface area (Å²) in [6.45, 7) is 2.56. The van der Waals surface area contributed by atoms with Gasteiger partial charge in [0.05, 0.1) is 17.4 Å². The molecule has 0 radical (unpaired) electrons. The molecule has 1 N–H and O–H groups in total. The summed E-state index contributed by atoms with van der Waals surface area (Å²) in [7, 11) is -3.29. The second-order valence-corrected chi connectivity index (χ2v) is 9.00. The number of amides is 1. The Hall–Kier alpha value is -2.38. The molecule has 1 heterocycles. The van der Waals surface area contributed by atoms with Gasteiger partial charge in [-0.3, -0.25) is 4.79 Å². The van der Waals surface area contributed by atoms with E-state index in [1.54, 1.807) is 12.1 Å². The normalized spacial score (nSPS) is 17.8. The van der Waals surface area contributed by atoms with Crippen LogP contribution in [0.25, 0.3) is 0 Å². The number of nitrogens with one attached hydrogen (secondary N) is 1. The van der Waals surface area contributed by atoms with Crippen molar-refractivity contribution in [3.05, 3.63) is 54.6 Å². The van der Waals surface area contributed by atoms with Crippen LogP contribution in [-0.4, -0.2) is 37.5 Å². The summed E-state index contributed by atoms with van der Waals surface area (Å²) in [5.74, 6) is 0.799. The molecule has 2 aromatic rings. The lowest BCUT2D eigenvalue weighted by atomic mass is 9.98. The van der Waals surface area contributed by atoms with E-state index in [-0.39, 0.29) is 24.1 Å². The molecule has 6 nitrogen and oxygen atoms in total. The van der Waals surface area contributed by atoms with Crippen molar-refractivity contribution in [2.75, 3.05) is 24.2 Å². The van der Waals surface area contributed by atoms with Gasteiger partial charge in [-0.2, -0.15) is 0 Å². The monoisotopic (exact) mass is 402 g/mol. The number of hydrogen-bond donors (Lipinski definition) is 1. The van der Waals surface area contributed by atoms with Gasteiger partial charge in [0.15, 0.2) is 5.75 Å². The molecule has 0 bridgehead atoms. The van der Waals surface area contributed by atoms with E-state index in [1.807, 2.05) is 49.4 Å². The quantitative estimate of drug-likeness (QED) is 0.763. The van der Waals surface area contributed by atoms with E-state index >= 15 is 0 Å². The Morgan fingerprint density at radius 1 is 1.14 bits per heavy atom. The molecule has 150 valence electrons. The van der Waals surface area contributed by atoms with Crippen LogP contribution in [-0.2, 0) is 14.8 Å². The van der Waals surface area contributed by atoms with E-state index in [2.05, 4.69) is 5.32 Å². The number of benzene rings is 2. The van der Waals surface area contributed by atoms with E-state index in [1.165, 1.54) is 4.31 Å². The van der Waals surface area contributed by atoms with Crippen molar-refractivity contribution in [1.29, 1.82) is 0 Å². The van der Waals surface area contributed by atoms with Crippen molar-refractivity contribution in [2.45, 2.75) is 26.2 Å². The van der Waals surface area contributed by atoms with Crippen molar-refractivity contribution in [1.82, 2.24) is 4.31 Å². The number of nitrogens with zero attached hydrogens (tertiary/aromatic N) is 1.